The Morgan fingerprint density at radius 3 is 2.57 bits per heavy atom. The highest BCUT2D eigenvalue weighted by Gasteiger charge is 2.22. The van der Waals surface area contributed by atoms with Crippen molar-refractivity contribution in [1.82, 2.24) is 29.9 Å². The molecule has 1 aliphatic heterocycles. The van der Waals surface area contributed by atoms with Crippen molar-refractivity contribution in [2.75, 3.05) is 45.0 Å². The Morgan fingerprint density at radius 1 is 1.29 bits per heavy atom. The van der Waals surface area contributed by atoms with Gasteiger partial charge in [0.2, 0.25) is 17.8 Å². The summed E-state index contributed by atoms with van der Waals surface area (Å²) in [5.74, 6) is 0.169. The van der Waals surface area contributed by atoms with E-state index in [0.717, 1.165) is 0 Å². The first-order valence-electron chi connectivity index (χ1n) is 7.00. The van der Waals surface area contributed by atoms with Gasteiger partial charge >= 0.3 is 0 Å². The fraction of sp³-hybridized carbons (Fsp3) is 0.667. The lowest BCUT2D eigenvalue weighted by atomic mass is 10.3. The van der Waals surface area contributed by atoms with Gasteiger partial charge in [0.1, 0.15) is 12.9 Å². The highest BCUT2D eigenvalue weighted by Crippen LogP contribution is 2.03. The predicted octanol–water partition coefficient (Wildman–Crippen LogP) is -1.86. The molecule has 2 rings (SSSR count). The lowest BCUT2D eigenvalue weighted by Gasteiger charge is -2.34. The van der Waals surface area contributed by atoms with Crippen molar-refractivity contribution in [3.05, 3.63) is 6.33 Å². The van der Waals surface area contributed by atoms with Crippen molar-refractivity contribution in [3.63, 3.8) is 0 Å². The number of anilines is 1. The Bertz CT molecular complexity index is 494. The van der Waals surface area contributed by atoms with Crippen LogP contribution in [0.25, 0.3) is 0 Å². The SMILES string of the molecule is CCNC(=O)CN1CCN(C(=O)Cn2cnc(N)n2)CC1. The Kier molecular flexibility index (Phi) is 5.09. The number of likely N-dealkylation sites (N-methyl/N-ethyl adjacent to an activating group) is 1. The number of hydrogen-bond acceptors (Lipinski definition) is 6. The third kappa shape index (κ3) is 4.42. The number of aromatic nitrogens is 3. The molecule has 9 heteroatoms. The normalized spacial score (nSPS) is 16.0. The average molecular weight is 295 g/mol. The molecule has 0 aromatic carbocycles. The van der Waals surface area contributed by atoms with Crippen LogP contribution in [-0.2, 0) is 16.1 Å². The molecule has 1 aliphatic rings. The molecule has 1 aromatic rings. The van der Waals surface area contributed by atoms with Crippen LogP contribution < -0.4 is 11.1 Å². The largest absolute Gasteiger partial charge is 0.367 e. The number of nitrogens with one attached hydrogen (secondary N) is 1. The summed E-state index contributed by atoms with van der Waals surface area (Å²) < 4.78 is 1.43. The number of amides is 2. The fourth-order valence-electron chi connectivity index (χ4n) is 2.24. The molecule has 1 aromatic heterocycles. The maximum absolute atomic E-state index is 12.1. The molecule has 1 fully saturated rings. The number of nitrogens with two attached hydrogens (primary N) is 1. The van der Waals surface area contributed by atoms with E-state index in [4.69, 9.17) is 5.73 Å². The molecule has 0 unspecified atom stereocenters. The number of carbonyl (C=O) groups excluding carboxylic acids is 2. The van der Waals surface area contributed by atoms with Crippen molar-refractivity contribution in [1.29, 1.82) is 0 Å². The van der Waals surface area contributed by atoms with Crippen LogP contribution in [0.4, 0.5) is 5.95 Å². The third-order valence-electron chi connectivity index (χ3n) is 3.32. The van der Waals surface area contributed by atoms with Gasteiger partial charge in [-0.3, -0.25) is 14.5 Å². The van der Waals surface area contributed by atoms with Crippen molar-refractivity contribution < 1.29 is 9.59 Å². The predicted molar refractivity (Wildman–Crippen MR) is 76.1 cm³/mol. The minimum absolute atomic E-state index is 0.0161. The lowest BCUT2D eigenvalue weighted by molar-refractivity contribution is -0.134. The summed E-state index contributed by atoms with van der Waals surface area (Å²) >= 11 is 0. The van der Waals surface area contributed by atoms with E-state index in [2.05, 4.69) is 15.4 Å². The highest BCUT2D eigenvalue weighted by atomic mass is 16.2. The van der Waals surface area contributed by atoms with Gasteiger partial charge < -0.3 is 16.0 Å². The Morgan fingerprint density at radius 2 is 2.00 bits per heavy atom. The van der Waals surface area contributed by atoms with E-state index in [1.54, 1.807) is 4.90 Å². The summed E-state index contributed by atoms with van der Waals surface area (Å²) in [7, 11) is 0. The lowest BCUT2D eigenvalue weighted by Crippen LogP contribution is -2.51. The molecule has 0 atom stereocenters. The van der Waals surface area contributed by atoms with Crippen molar-refractivity contribution in [2.45, 2.75) is 13.5 Å². The van der Waals surface area contributed by atoms with Gasteiger partial charge in [-0.15, -0.1) is 5.10 Å². The number of hydrogen-bond donors (Lipinski definition) is 2. The molecule has 9 nitrogen and oxygen atoms in total. The monoisotopic (exact) mass is 295 g/mol. The smallest absolute Gasteiger partial charge is 0.244 e. The maximum atomic E-state index is 12.1. The first kappa shape index (κ1) is 15.2. The summed E-state index contributed by atoms with van der Waals surface area (Å²) in [6, 6.07) is 0. The third-order valence-corrected chi connectivity index (χ3v) is 3.32. The molecule has 2 heterocycles. The standard InChI is InChI=1S/C12H21N7O2/c1-2-14-10(20)7-17-3-5-18(6-4-17)11(21)8-19-9-15-12(13)16-19/h9H,2-8H2,1H3,(H2,13,16)(H,14,20). The zero-order valence-electron chi connectivity index (χ0n) is 12.2. The number of rotatable bonds is 5. The number of carbonyl (C=O) groups is 2. The minimum atomic E-state index is -0.0161. The second kappa shape index (κ2) is 7.02. The first-order valence-corrected chi connectivity index (χ1v) is 7.00. The fourth-order valence-corrected chi connectivity index (χ4v) is 2.24. The zero-order valence-corrected chi connectivity index (χ0v) is 12.2. The van der Waals surface area contributed by atoms with Crippen LogP contribution in [0.3, 0.4) is 0 Å². The minimum Gasteiger partial charge on any atom is -0.367 e. The molecule has 116 valence electrons. The second-order valence-corrected chi connectivity index (χ2v) is 4.91. The van der Waals surface area contributed by atoms with E-state index in [1.807, 2.05) is 11.8 Å². The summed E-state index contributed by atoms with van der Waals surface area (Å²) in [5, 5.41) is 6.66. The quantitative estimate of drug-likeness (QED) is 0.659. The van der Waals surface area contributed by atoms with Gasteiger partial charge in [-0.2, -0.15) is 0 Å². The molecular weight excluding hydrogens is 274 g/mol. The van der Waals surface area contributed by atoms with Crippen LogP contribution >= 0.6 is 0 Å². The van der Waals surface area contributed by atoms with Crippen molar-refractivity contribution >= 4 is 17.8 Å². The molecule has 0 radical (unpaired) electrons. The maximum Gasteiger partial charge on any atom is 0.244 e. The Balaban J connectivity index is 1.75. The van der Waals surface area contributed by atoms with Gasteiger partial charge in [0.25, 0.3) is 0 Å². The number of nitrogen functional groups attached to an aromatic ring is 1. The molecular formula is C12H21N7O2. The van der Waals surface area contributed by atoms with E-state index in [0.29, 0.717) is 39.3 Å². The van der Waals surface area contributed by atoms with Crippen molar-refractivity contribution in [2.24, 2.45) is 0 Å². The summed E-state index contributed by atoms with van der Waals surface area (Å²) in [6.45, 7) is 5.68. The van der Waals surface area contributed by atoms with Gasteiger partial charge in [0, 0.05) is 32.7 Å². The molecule has 0 bridgehead atoms. The summed E-state index contributed by atoms with van der Waals surface area (Å²) in [4.78, 5) is 31.2. The van der Waals surface area contributed by atoms with Crippen LogP contribution in [-0.4, -0.2) is 75.6 Å². The molecule has 0 spiro atoms. The zero-order chi connectivity index (χ0) is 15.2. The van der Waals surface area contributed by atoms with Crippen LogP contribution in [0.5, 0.6) is 0 Å². The van der Waals surface area contributed by atoms with Crippen LogP contribution in [0, 0.1) is 0 Å². The van der Waals surface area contributed by atoms with Crippen LogP contribution in [0.1, 0.15) is 6.92 Å². The van der Waals surface area contributed by atoms with Gasteiger partial charge in [0.05, 0.1) is 6.54 Å². The van der Waals surface area contributed by atoms with E-state index < -0.39 is 0 Å². The van der Waals surface area contributed by atoms with E-state index in [9.17, 15) is 9.59 Å². The summed E-state index contributed by atoms with van der Waals surface area (Å²) in [5.41, 5.74) is 5.41. The topological polar surface area (TPSA) is 109 Å². The van der Waals surface area contributed by atoms with E-state index in [1.165, 1.54) is 11.0 Å². The molecule has 2 amide bonds. The van der Waals surface area contributed by atoms with Crippen molar-refractivity contribution in [3.8, 4) is 0 Å². The van der Waals surface area contributed by atoms with Gasteiger partial charge in [-0.25, -0.2) is 9.67 Å². The van der Waals surface area contributed by atoms with Crippen LogP contribution in [0.15, 0.2) is 6.33 Å². The summed E-state index contributed by atoms with van der Waals surface area (Å²) in [6.07, 6.45) is 1.44. The molecule has 0 aliphatic carbocycles. The Labute approximate surface area is 123 Å². The molecule has 21 heavy (non-hydrogen) atoms. The number of piperazine rings is 1. The van der Waals surface area contributed by atoms with Gasteiger partial charge in [0.15, 0.2) is 0 Å². The molecule has 0 saturated carbocycles. The van der Waals surface area contributed by atoms with Crippen LogP contribution in [0.2, 0.25) is 0 Å². The van der Waals surface area contributed by atoms with Gasteiger partial charge in [-0.05, 0) is 6.92 Å². The molecule has 1 saturated heterocycles. The average Bonchev–Trinajstić information content (AvgIpc) is 2.85. The number of nitrogens with zero attached hydrogens (tertiary/aromatic N) is 5. The van der Waals surface area contributed by atoms with E-state index in [-0.39, 0.29) is 24.3 Å². The second-order valence-electron chi connectivity index (χ2n) is 4.91. The Hall–Kier alpha value is -2.16. The highest BCUT2D eigenvalue weighted by molar-refractivity contribution is 5.78. The first-order chi connectivity index (χ1) is 10.1. The van der Waals surface area contributed by atoms with Gasteiger partial charge in [-0.1, -0.05) is 0 Å². The molecule has 3 N–H and O–H groups in total. The van der Waals surface area contributed by atoms with E-state index >= 15 is 0 Å².